The quantitative estimate of drug-likeness (QED) is 0.642. The first-order valence-corrected chi connectivity index (χ1v) is 11.6. The summed E-state index contributed by atoms with van der Waals surface area (Å²) in [6.07, 6.45) is 0.842. The summed E-state index contributed by atoms with van der Waals surface area (Å²) in [5.74, 6) is 0.203. The highest BCUT2D eigenvalue weighted by Gasteiger charge is 2.25. The number of nitrogens with one attached hydrogen (secondary N) is 2. The monoisotopic (exact) mass is 406 g/mol. The van der Waals surface area contributed by atoms with Crippen LogP contribution in [0.25, 0.3) is 0 Å². The highest BCUT2D eigenvalue weighted by molar-refractivity contribution is 7.93. The molecule has 1 unspecified atom stereocenters. The molecule has 0 bridgehead atoms. The first kappa shape index (κ1) is 22.4. The van der Waals surface area contributed by atoms with Gasteiger partial charge in [0.05, 0.1) is 11.5 Å². The number of amides is 1. The molecule has 0 saturated carbocycles. The summed E-state index contributed by atoms with van der Waals surface area (Å²) in [6.45, 7) is 5.66. The lowest BCUT2D eigenvalue weighted by Crippen LogP contribution is -2.44. The Labute approximate surface area is 155 Å². The zero-order chi connectivity index (χ0) is 20.0. The van der Waals surface area contributed by atoms with Crippen LogP contribution in [-0.4, -0.2) is 48.4 Å². The van der Waals surface area contributed by atoms with Crippen LogP contribution in [0, 0.1) is 5.92 Å². The second-order valence-electron chi connectivity index (χ2n) is 6.26. The molecule has 10 heteroatoms. The third-order valence-electron chi connectivity index (χ3n) is 3.41. The van der Waals surface area contributed by atoms with Crippen LogP contribution in [0.4, 0.5) is 4.79 Å². The number of rotatable bonds is 9. The van der Waals surface area contributed by atoms with Crippen molar-refractivity contribution in [1.82, 2.24) is 10.0 Å². The number of hydrogen-bond donors (Lipinski definition) is 2. The first-order chi connectivity index (χ1) is 12.0. The van der Waals surface area contributed by atoms with Crippen molar-refractivity contribution < 1.29 is 26.4 Å². The van der Waals surface area contributed by atoms with E-state index in [1.54, 1.807) is 6.92 Å². The van der Waals surface area contributed by atoms with E-state index in [1.807, 2.05) is 13.8 Å². The molecule has 1 rings (SSSR count). The average Bonchev–Trinajstić information content (AvgIpc) is 2.51. The van der Waals surface area contributed by atoms with Gasteiger partial charge in [-0.3, -0.25) is 0 Å². The van der Waals surface area contributed by atoms with Gasteiger partial charge in [-0.1, -0.05) is 26.0 Å². The predicted molar refractivity (Wildman–Crippen MR) is 98.1 cm³/mol. The second kappa shape index (κ2) is 9.33. The zero-order valence-corrected chi connectivity index (χ0v) is 17.0. The normalized spacial score (nSPS) is 13.4. The lowest BCUT2D eigenvalue weighted by atomic mass is 10.0. The maximum atomic E-state index is 12.6. The van der Waals surface area contributed by atoms with Crippen molar-refractivity contribution in [3.8, 4) is 0 Å². The molecule has 2 N–H and O–H groups in total. The zero-order valence-electron chi connectivity index (χ0n) is 15.4. The van der Waals surface area contributed by atoms with Crippen LogP contribution in [0.15, 0.2) is 34.1 Å². The fourth-order valence-corrected chi connectivity index (χ4v) is 5.08. The Morgan fingerprint density at radius 2 is 1.69 bits per heavy atom. The molecule has 0 aromatic heterocycles. The van der Waals surface area contributed by atoms with Gasteiger partial charge < -0.3 is 10.1 Å². The standard InChI is InChI=1S/C16H26N2O6S2/c1-5-24-16(19)18-13(10-12(2)3)11-17-26(22,23)15-9-7-6-8-14(15)25(4,20)21/h6-9,12-13,17H,5,10-11H2,1-4H3,(H,18,19). The first-order valence-electron chi connectivity index (χ1n) is 8.19. The fraction of sp³-hybridized carbons (Fsp3) is 0.562. The van der Waals surface area contributed by atoms with Crippen molar-refractivity contribution in [3.05, 3.63) is 24.3 Å². The number of ether oxygens (including phenoxy) is 1. The lowest BCUT2D eigenvalue weighted by molar-refractivity contribution is 0.146. The molecule has 0 saturated heterocycles. The van der Waals surface area contributed by atoms with E-state index in [1.165, 1.54) is 24.3 Å². The molecule has 0 aliphatic heterocycles. The summed E-state index contributed by atoms with van der Waals surface area (Å²) < 4.78 is 56.0. The third kappa shape index (κ3) is 6.93. The van der Waals surface area contributed by atoms with Crippen LogP contribution in [-0.2, 0) is 24.6 Å². The van der Waals surface area contributed by atoms with E-state index in [9.17, 15) is 21.6 Å². The maximum Gasteiger partial charge on any atom is 0.407 e. The predicted octanol–water partition coefficient (Wildman–Crippen LogP) is 1.53. The van der Waals surface area contributed by atoms with Crippen LogP contribution in [0.3, 0.4) is 0 Å². The minimum Gasteiger partial charge on any atom is -0.450 e. The second-order valence-corrected chi connectivity index (χ2v) is 9.98. The molecule has 0 radical (unpaired) electrons. The summed E-state index contributed by atoms with van der Waals surface area (Å²) in [6, 6.07) is 4.89. The van der Waals surface area contributed by atoms with Gasteiger partial charge in [-0.05, 0) is 31.4 Å². The van der Waals surface area contributed by atoms with Crippen molar-refractivity contribution in [1.29, 1.82) is 0 Å². The van der Waals surface area contributed by atoms with Gasteiger partial charge in [0.1, 0.15) is 4.90 Å². The van der Waals surface area contributed by atoms with Gasteiger partial charge in [0.2, 0.25) is 10.0 Å². The number of carbonyl (C=O) groups is 1. The van der Waals surface area contributed by atoms with Crippen LogP contribution < -0.4 is 10.0 Å². The fourth-order valence-electron chi connectivity index (χ4n) is 2.37. The Balaban J connectivity index is 2.99. The van der Waals surface area contributed by atoms with Crippen LogP contribution >= 0.6 is 0 Å². The van der Waals surface area contributed by atoms with Gasteiger partial charge >= 0.3 is 6.09 Å². The highest BCUT2D eigenvalue weighted by Crippen LogP contribution is 2.20. The maximum absolute atomic E-state index is 12.6. The summed E-state index contributed by atoms with van der Waals surface area (Å²) in [5.41, 5.74) is 0. The Kier molecular flexibility index (Phi) is 8.04. The molecule has 0 spiro atoms. The van der Waals surface area contributed by atoms with Crippen LogP contribution in [0.5, 0.6) is 0 Å². The van der Waals surface area contributed by atoms with E-state index < -0.39 is 32.0 Å². The molecule has 0 fully saturated rings. The van der Waals surface area contributed by atoms with Crippen molar-refractivity contribution in [2.24, 2.45) is 5.92 Å². The molecule has 0 aliphatic rings. The van der Waals surface area contributed by atoms with Gasteiger partial charge in [-0.15, -0.1) is 0 Å². The van der Waals surface area contributed by atoms with Gasteiger partial charge in [0, 0.05) is 18.8 Å². The largest absolute Gasteiger partial charge is 0.450 e. The van der Waals surface area contributed by atoms with Gasteiger partial charge in [-0.2, -0.15) is 0 Å². The van der Waals surface area contributed by atoms with E-state index in [2.05, 4.69) is 10.0 Å². The molecular formula is C16H26N2O6S2. The number of sulfone groups is 1. The topological polar surface area (TPSA) is 119 Å². The highest BCUT2D eigenvalue weighted by atomic mass is 32.2. The number of sulfonamides is 1. The summed E-state index contributed by atoms with van der Waals surface area (Å²) in [5, 5.41) is 2.61. The molecule has 0 heterocycles. The van der Waals surface area contributed by atoms with Crippen molar-refractivity contribution in [2.45, 2.75) is 43.0 Å². The molecule has 1 aromatic carbocycles. The van der Waals surface area contributed by atoms with Crippen LogP contribution in [0.1, 0.15) is 27.2 Å². The molecule has 0 aliphatic carbocycles. The summed E-state index contributed by atoms with van der Waals surface area (Å²) in [4.78, 5) is 11.0. The number of hydrogen-bond acceptors (Lipinski definition) is 6. The van der Waals surface area contributed by atoms with Gasteiger partial charge in [0.15, 0.2) is 9.84 Å². The number of carbonyl (C=O) groups excluding carboxylic acids is 1. The molecule has 148 valence electrons. The summed E-state index contributed by atoms with van der Waals surface area (Å²) >= 11 is 0. The Morgan fingerprint density at radius 1 is 1.12 bits per heavy atom. The van der Waals surface area contributed by atoms with Crippen molar-refractivity contribution in [3.63, 3.8) is 0 Å². The minimum atomic E-state index is -4.07. The third-order valence-corrected chi connectivity index (χ3v) is 6.18. The van der Waals surface area contributed by atoms with Crippen molar-refractivity contribution >= 4 is 26.0 Å². The van der Waals surface area contributed by atoms with E-state index in [4.69, 9.17) is 4.74 Å². The smallest absolute Gasteiger partial charge is 0.407 e. The van der Waals surface area contributed by atoms with Gasteiger partial charge in [-0.25, -0.2) is 26.4 Å². The molecular weight excluding hydrogens is 380 g/mol. The Hall–Kier alpha value is -1.65. The van der Waals surface area contributed by atoms with E-state index in [-0.39, 0.29) is 28.9 Å². The molecule has 1 aromatic rings. The van der Waals surface area contributed by atoms with E-state index in [0.29, 0.717) is 6.42 Å². The SMILES string of the molecule is CCOC(=O)NC(CNS(=O)(=O)c1ccccc1S(C)(=O)=O)CC(C)C. The van der Waals surface area contributed by atoms with Gasteiger partial charge in [0.25, 0.3) is 0 Å². The van der Waals surface area contributed by atoms with E-state index >= 15 is 0 Å². The number of alkyl carbamates (subject to hydrolysis) is 1. The summed E-state index contributed by atoms with van der Waals surface area (Å²) in [7, 11) is -7.78. The lowest BCUT2D eigenvalue weighted by Gasteiger charge is -2.21. The van der Waals surface area contributed by atoms with Crippen molar-refractivity contribution in [2.75, 3.05) is 19.4 Å². The molecule has 26 heavy (non-hydrogen) atoms. The average molecular weight is 407 g/mol. The minimum absolute atomic E-state index is 0.0859. The molecule has 8 nitrogen and oxygen atoms in total. The molecule has 1 atom stereocenters. The van der Waals surface area contributed by atoms with E-state index in [0.717, 1.165) is 6.26 Å². The Morgan fingerprint density at radius 3 is 2.19 bits per heavy atom. The van der Waals surface area contributed by atoms with Crippen LogP contribution in [0.2, 0.25) is 0 Å². The number of benzene rings is 1. The Bertz CT molecular complexity index is 819. The molecule has 1 amide bonds.